The minimum atomic E-state index is 0.433. The van der Waals surface area contributed by atoms with E-state index in [-0.39, 0.29) is 0 Å². The van der Waals surface area contributed by atoms with Crippen LogP contribution in [0.3, 0.4) is 0 Å². The Balaban J connectivity index is 1.67. The Kier molecular flexibility index (Phi) is 2.26. The summed E-state index contributed by atoms with van der Waals surface area (Å²) in [6, 6.07) is 8.11. The summed E-state index contributed by atoms with van der Waals surface area (Å²) in [5.74, 6) is 0.924. The zero-order chi connectivity index (χ0) is 11.7. The Morgan fingerprint density at radius 3 is 2.82 bits per heavy atom. The Bertz CT molecular complexity index is 531. The van der Waals surface area contributed by atoms with Gasteiger partial charge in [-0.15, -0.1) is 0 Å². The number of nitriles is 1. The lowest BCUT2D eigenvalue weighted by Gasteiger charge is -2.40. The van der Waals surface area contributed by atoms with Gasteiger partial charge in [-0.1, -0.05) is 0 Å². The van der Waals surface area contributed by atoms with Crippen LogP contribution in [0.15, 0.2) is 36.8 Å². The van der Waals surface area contributed by atoms with Gasteiger partial charge >= 0.3 is 0 Å². The molecule has 0 atom stereocenters. The van der Waals surface area contributed by atoms with Crippen LogP contribution in [0, 0.1) is 11.3 Å². The highest BCUT2D eigenvalue weighted by Gasteiger charge is 2.29. The van der Waals surface area contributed by atoms with E-state index in [0.29, 0.717) is 11.6 Å². The monoisotopic (exact) mass is 225 g/mol. The fourth-order valence-electron chi connectivity index (χ4n) is 1.95. The van der Waals surface area contributed by atoms with Crippen LogP contribution in [-0.2, 0) is 0 Å². The number of anilines is 1. The van der Waals surface area contributed by atoms with Crippen LogP contribution >= 0.6 is 0 Å². The fraction of sp³-hybridized carbons (Fsp3) is 0.250. The molecular weight excluding hydrogens is 214 g/mol. The van der Waals surface area contributed by atoms with Crippen molar-refractivity contribution in [2.45, 2.75) is 6.04 Å². The predicted octanol–water partition coefficient (Wildman–Crippen LogP) is 1.21. The molecule has 1 fully saturated rings. The van der Waals surface area contributed by atoms with Gasteiger partial charge in [0.15, 0.2) is 0 Å². The summed E-state index contributed by atoms with van der Waals surface area (Å²) in [5, 5.41) is 12.9. The Morgan fingerprint density at radius 1 is 1.35 bits per heavy atom. The molecule has 0 spiro atoms. The maximum Gasteiger partial charge on any atom is 0.128 e. The third-order valence-electron chi connectivity index (χ3n) is 2.96. The van der Waals surface area contributed by atoms with E-state index in [1.54, 1.807) is 18.5 Å². The summed E-state index contributed by atoms with van der Waals surface area (Å²) in [7, 11) is 0. The minimum Gasteiger partial charge on any atom is -0.352 e. The number of rotatable bonds is 2. The van der Waals surface area contributed by atoms with Gasteiger partial charge in [0.25, 0.3) is 0 Å². The first kappa shape index (κ1) is 9.85. The molecular formula is C12H11N5. The van der Waals surface area contributed by atoms with Crippen molar-refractivity contribution in [2.75, 3.05) is 18.0 Å². The molecule has 0 bridgehead atoms. The molecule has 1 aliphatic heterocycles. The SMILES string of the molecule is N#Cc1ccc(N2CC(n3cccn3)C2)nc1. The quantitative estimate of drug-likeness (QED) is 0.770. The highest BCUT2D eigenvalue weighted by molar-refractivity contribution is 5.44. The summed E-state index contributed by atoms with van der Waals surface area (Å²) in [4.78, 5) is 6.44. The number of aromatic nitrogens is 3. The van der Waals surface area contributed by atoms with Crippen LogP contribution in [0.25, 0.3) is 0 Å². The number of pyridine rings is 1. The van der Waals surface area contributed by atoms with E-state index < -0.39 is 0 Å². The summed E-state index contributed by atoms with van der Waals surface area (Å²) in [6.07, 6.45) is 5.38. The van der Waals surface area contributed by atoms with Gasteiger partial charge in [-0.25, -0.2) is 4.98 Å². The Hall–Kier alpha value is -2.35. The molecule has 17 heavy (non-hydrogen) atoms. The standard InChI is InChI=1S/C12H11N5/c13-6-10-2-3-12(14-7-10)16-8-11(9-16)17-5-1-4-15-17/h1-5,7,11H,8-9H2. The van der Waals surface area contributed by atoms with Crippen molar-refractivity contribution in [3.8, 4) is 6.07 Å². The summed E-state index contributed by atoms with van der Waals surface area (Å²) in [5.41, 5.74) is 0.595. The van der Waals surface area contributed by atoms with Gasteiger partial charge < -0.3 is 4.90 Å². The summed E-state index contributed by atoms with van der Waals surface area (Å²) in [6.45, 7) is 1.83. The van der Waals surface area contributed by atoms with Gasteiger partial charge in [-0.3, -0.25) is 4.68 Å². The average molecular weight is 225 g/mol. The third-order valence-corrected chi connectivity index (χ3v) is 2.96. The predicted molar refractivity (Wildman–Crippen MR) is 62.4 cm³/mol. The number of hydrogen-bond donors (Lipinski definition) is 0. The number of hydrogen-bond acceptors (Lipinski definition) is 4. The first-order valence-corrected chi connectivity index (χ1v) is 5.47. The molecule has 0 saturated carbocycles. The molecule has 0 unspecified atom stereocenters. The molecule has 2 aromatic heterocycles. The average Bonchev–Trinajstić information content (AvgIpc) is 2.82. The van der Waals surface area contributed by atoms with Crippen molar-refractivity contribution < 1.29 is 0 Å². The topological polar surface area (TPSA) is 57.7 Å². The van der Waals surface area contributed by atoms with E-state index in [1.165, 1.54) is 0 Å². The van der Waals surface area contributed by atoms with E-state index >= 15 is 0 Å². The van der Waals surface area contributed by atoms with Crippen LogP contribution < -0.4 is 4.90 Å². The van der Waals surface area contributed by atoms with E-state index in [1.807, 2.05) is 23.0 Å². The second kappa shape index (κ2) is 3.91. The molecule has 0 aliphatic carbocycles. The van der Waals surface area contributed by atoms with Gasteiger partial charge in [-0.2, -0.15) is 10.4 Å². The molecule has 2 aromatic rings. The smallest absolute Gasteiger partial charge is 0.128 e. The highest BCUT2D eigenvalue weighted by atomic mass is 15.4. The number of nitrogens with zero attached hydrogens (tertiary/aromatic N) is 5. The summed E-state index contributed by atoms with van der Waals surface area (Å²) >= 11 is 0. The first-order valence-electron chi connectivity index (χ1n) is 5.47. The molecule has 3 heterocycles. The van der Waals surface area contributed by atoms with Crippen molar-refractivity contribution >= 4 is 5.82 Å². The van der Waals surface area contributed by atoms with Gasteiger partial charge in [0.05, 0.1) is 11.6 Å². The molecule has 0 aromatic carbocycles. The van der Waals surface area contributed by atoms with Gasteiger partial charge in [0.1, 0.15) is 11.9 Å². The highest BCUT2D eigenvalue weighted by Crippen LogP contribution is 2.25. The lowest BCUT2D eigenvalue weighted by atomic mass is 10.1. The molecule has 5 nitrogen and oxygen atoms in total. The first-order chi connectivity index (χ1) is 8.36. The van der Waals surface area contributed by atoms with Crippen LogP contribution in [0.2, 0.25) is 0 Å². The normalized spacial score (nSPS) is 15.4. The van der Waals surface area contributed by atoms with Crippen molar-refractivity contribution in [1.29, 1.82) is 5.26 Å². The second-order valence-corrected chi connectivity index (χ2v) is 4.06. The van der Waals surface area contributed by atoms with Crippen LogP contribution in [0.4, 0.5) is 5.82 Å². The summed E-state index contributed by atoms with van der Waals surface area (Å²) < 4.78 is 1.97. The Labute approximate surface area is 98.9 Å². The van der Waals surface area contributed by atoms with Crippen molar-refractivity contribution in [1.82, 2.24) is 14.8 Å². The molecule has 5 heteroatoms. The van der Waals surface area contributed by atoms with E-state index in [4.69, 9.17) is 5.26 Å². The Morgan fingerprint density at radius 2 is 2.24 bits per heavy atom. The lowest BCUT2D eigenvalue weighted by molar-refractivity contribution is 0.366. The van der Waals surface area contributed by atoms with Crippen LogP contribution in [-0.4, -0.2) is 27.9 Å². The van der Waals surface area contributed by atoms with Crippen LogP contribution in [0.5, 0.6) is 0 Å². The largest absolute Gasteiger partial charge is 0.352 e. The minimum absolute atomic E-state index is 0.433. The van der Waals surface area contributed by atoms with Crippen molar-refractivity contribution in [2.24, 2.45) is 0 Å². The lowest BCUT2D eigenvalue weighted by Crippen LogP contribution is -2.48. The van der Waals surface area contributed by atoms with E-state index in [9.17, 15) is 0 Å². The van der Waals surface area contributed by atoms with E-state index in [2.05, 4.69) is 21.1 Å². The molecule has 1 saturated heterocycles. The van der Waals surface area contributed by atoms with Crippen LogP contribution in [0.1, 0.15) is 11.6 Å². The van der Waals surface area contributed by atoms with Gasteiger partial charge in [-0.05, 0) is 18.2 Å². The molecule has 0 radical (unpaired) electrons. The molecule has 84 valence electrons. The van der Waals surface area contributed by atoms with Crippen molar-refractivity contribution in [3.05, 3.63) is 42.4 Å². The molecule has 0 amide bonds. The molecule has 1 aliphatic rings. The van der Waals surface area contributed by atoms with Gasteiger partial charge in [0, 0.05) is 31.7 Å². The zero-order valence-corrected chi connectivity index (χ0v) is 9.19. The maximum atomic E-state index is 8.69. The van der Waals surface area contributed by atoms with E-state index in [0.717, 1.165) is 18.9 Å². The maximum absolute atomic E-state index is 8.69. The molecule has 3 rings (SSSR count). The van der Waals surface area contributed by atoms with Gasteiger partial charge in [0.2, 0.25) is 0 Å². The zero-order valence-electron chi connectivity index (χ0n) is 9.19. The van der Waals surface area contributed by atoms with Crippen molar-refractivity contribution in [3.63, 3.8) is 0 Å². The molecule has 0 N–H and O–H groups in total. The third kappa shape index (κ3) is 1.74. The fourth-order valence-corrected chi connectivity index (χ4v) is 1.95. The second-order valence-electron chi connectivity index (χ2n) is 4.06.